The number of aryl methyl sites for hydroxylation is 1. The Labute approximate surface area is 171 Å². The number of pyridine rings is 1. The van der Waals surface area contributed by atoms with E-state index in [1.54, 1.807) is 4.68 Å². The Kier molecular flexibility index (Phi) is 5.62. The molecular weight excluding hydrogens is 362 g/mol. The molecule has 1 fully saturated rings. The number of fused-ring (bicyclic) bond motifs is 1. The molecule has 6 nitrogen and oxygen atoms in total. The quantitative estimate of drug-likeness (QED) is 0.715. The monoisotopic (exact) mass is 391 g/mol. The number of aromatic nitrogens is 3. The molecule has 0 spiro atoms. The molecule has 1 aromatic carbocycles. The van der Waals surface area contributed by atoms with Gasteiger partial charge in [0, 0.05) is 43.5 Å². The Morgan fingerprint density at radius 1 is 1.21 bits per heavy atom. The number of amides is 1. The van der Waals surface area contributed by atoms with E-state index in [2.05, 4.69) is 52.3 Å². The fourth-order valence-electron chi connectivity index (χ4n) is 4.14. The molecule has 0 aliphatic carbocycles. The summed E-state index contributed by atoms with van der Waals surface area (Å²) >= 11 is 0. The van der Waals surface area contributed by atoms with Gasteiger partial charge in [0.25, 0.3) is 0 Å². The van der Waals surface area contributed by atoms with Gasteiger partial charge in [-0.3, -0.25) is 9.48 Å². The van der Waals surface area contributed by atoms with Gasteiger partial charge in [0.1, 0.15) is 5.82 Å². The first kappa shape index (κ1) is 19.6. The van der Waals surface area contributed by atoms with Gasteiger partial charge >= 0.3 is 0 Å². The van der Waals surface area contributed by atoms with Gasteiger partial charge in [0.2, 0.25) is 5.91 Å². The fraction of sp³-hybridized carbons (Fsp3) is 0.435. The van der Waals surface area contributed by atoms with Crippen LogP contribution in [0.2, 0.25) is 0 Å². The van der Waals surface area contributed by atoms with E-state index in [0.29, 0.717) is 11.7 Å². The van der Waals surface area contributed by atoms with Crippen molar-refractivity contribution in [2.75, 3.05) is 25.0 Å². The van der Waals surface area contributed by atoms with Crippen LogP contribution >= 0.6 is 0 Å². The van der Waals surface area contributed by atoms with Crippen molar-refractivity contribution < 1.29 is 4.79 Å². The molecule has 4 rings (SSSR count). The first-order chi connectivity index (χ1) is 14.0. The summed E-state index contributed by atoms with van der Waals surface area (Å²) in [6, 6.07) is 8.21. The summed E-state index contributed by atoms with van der Waals surface area (Å²) in [6.45, 7) is 7.43. The third-order valence-corrected chi connectivity index (χ3v) is 5.51. The van der Waals surface area contributed by atoms with E-state index < -0.39 is 0 Å². The van der Waals surface area contributed by atoms with Crippen molar-refractivity contribution in [3.8, 4) is 11.1 Å². The summed E-state index contributed by atoms with van der Waals surface area (Å²) in [5.74, 6) is 1.34. The number of hydrogen-bond donors (Lipinski definition) is 1. The van der Waals surface area contributed by atoms with Gasteiger partial charge < -0.3 is 10.2 Å². The fourth-order valence-corrected chi connectivity index (χ4v) is 4.14. The number of likely N-dealkylation sites (tertiary alicyclic amines) is 1. The first-order valence-electron chi connectivity index (χ1n) is 10.4. The highest BCUT2D eigenvalue weighted by Gasteiger charge is 2.26. The molecule has 1 aliphatic heterocycles. The molecule has 1 amide bonds. The molecule has 3 aromatic rings. The molecule has 2 aromatic heterocycles. The predicted molar refractivity (Wildman–Crippen MR) is 117 cm³/mol. The number of carbonyl (C=O) groups excluding carboxylic acids is 1. The SMILES string of the molecule is CC(C)CN1CCC[C@@H](C(=O)Nc2cc3cc(-c4cnn(C)c4)ccc3cn2)C1. The van der Waals surface area contributed by atoms with Gasteiger partial charge in [-0.1, -0.05) is 26.0 Å². The van der Waals surface area contributed by atoms with Crippen LogP contribution in [-0.4, -0.2) is 45.2 Å². The van der Waals surface area contributed by atoms with Gasteiger partial charge in [-0.05, 0) is 48.4 Å². The molecule has 0 radical (unpaired) electrons. The smallest absolute Gasteiger partial charge is 0.229 e. The van der Waals surface area contributed by atoms with Crippen LogP contribution in [0.3, 0.4) is 0 Å². The minimum atomic E-state index is 0.0294. The summed E-state index contributed by atoms with van der Waals surface area (Å²) in [6.07, 6.45) is 7.70. The lowest BCUT2D eigenvalue weighted by molar-refractivity contribution is -0.121. The van der Waals surface area contributed by atoms with Gasteiger partial charge in [-0.2, -0.15) is 5.10 Å². The van der Waals surface area contributed by atoms with E-state index in [-0.39, 0.29) is 11.8 Å². The van der Waals surface area contributed by atoms with Crippen molar-refractivity contribution in [2.24, 2.45) is 18.9 Å². The third kappa shape index (κ3) is 4.65. The van der Waals surface area contributed by atoms with Gasteiger partial charge in [0.15, 0.2) is 0 Å². The second kappa shape index (κ2) is 8.33. The number of carbonyl (C=O) groups is 1. The number of nitrogens with one attached hydrogen (secondary N) is 1. The zero-order valence-electron chi connectivity index (χ0n) is 17.4. The standard InChI is InChI=1S/C23H29N5O/c1-16(2)13-28-8-4-5-19(15-28)23(29)26-22-10-20-9-17(6-7-18(20)11-24-22)21-12-25-27(3)14-21/h6-7,9-12,14,16,19H,4-5,8,13,15H2,1-3H3,(H,24,26,29)/t19-/m1/s1. The lowest BCUT2D eigenvalue weighted by Crippen LogP contribution is -2.42. The van der Waals surface area contributed by atoms with Gasteiger partial charge in [0.05, 0.1) is 12.1 Å². The molecule has 0 unspecified atom stereocenters. The molecule has 3 heterocycles. The third-order valence-electron chi connectivity index (χ3n) is 5.51. The number of benzene rings is 1. The Balaban J connectivity index is 1.49. The van der Waals surface area contributed by atoms with E-state index in [1.165, 1.54) is 0 Å². The first-order valence-corrected chi connectivity index (χ1v) is 10.4. The Hall–Kier alpha value is -2.73. The molecule has 1 atom stereocenters. The Bertz CT molecular complexity index is 1010. The van der Waals surface area contributed by atoms with Crippen molar-refractivity contribution >= 4 is 22.5 Å². The minimum absolute atomic E-state index is 0.0294. The molecule has 6 heteroatoms. The van der Waals surface area contributed by atoms with Crippen LogP contribution in [0.4, 0.5) is 5.82 Å². The highest BCUT2D eigenvalue weighted by Crippen LogP contribution is 2.26. The van der Waals surface area contributed by atoms with Crippen molar-refractivity contribution in [1.82, 2.24) is 19.7 Å². The number of piperidine rings is 1. The van der Waals surface area contributed by atoms with Crippen LogP contribution in [0, 0.1) is 11.8 Å². The lowest BCUT2D eigenvalue weighted by Gasteiger charge is -2.32. The summed E-state index contributed by atoms with van der Waals surface area (Å²) in [5.41, 5.74) is 2.18. The second-order valence-electron chi connectivity index (χ2n) is 8.52. The van der Waals surface area contributed by atoms with E-state index in [9.17, 15) is 4.79 Å². The average molecular weight is 392 g/mol. The maximum absolute atomic E-state index is 12.8. The van der Waals surface area contributed by atoms with Crippen molar-refractivity contribution in [1.29, 1.82) is 0 Å². The average Bonchev–Trinajstić information content (AvgIpc) is 3.13. The van der Waals surface area contributed by atoms with E-state index in [0.717, 1.165) is 54.4 Å². The minimum Gasteiger partial charge on any atom is -0.310 e. The molecule has 0 saturated carbocycles. The highest BCUT2D eigenvalue weighted by molar-refractivity contribution is 5.95. The van der Waals surface area contributed by atoms with Crippen LogP contribution in [0.5, 0.6) is 0 Å². The molecule has 152 valence electrons. The number of nitrogens with zero attached hydrogens (tertiary/aromatic N) is 4. The maximum atomic E-state index is 12.8. The molecular formula is C23H29N5O. The van der Waals surface area contributed by atoms with Gasteiger partial charge in [-0.25, -0.2) is 4.98 Å². The van der Waals surface area contributed by atoms with E-state index in [1.807, 2.05) is 31.7 Å². The number of rotatable bonds is 5. The van der Waals surface area contributed by atoms with E-state index >= 15 is 0 Å². The molecule has 1 N–H and O–H groups in total. The van der Waals surface area contributed by atoms with E-state index in [4.69, 9.17) is 0 Å². The Morgan fingerprint density at radius 2 is 2.07 bits per heavy atom. The highest BCUT2D eigenvalue weighted by atomic mass is 16.2. The summed E-state index contributed by atoms with van der Waals surface area (Å²) in [4.78, 5) is 19.7. The molecule has 1 aliphatic rings. The topological polar surface area (TPSA) is 63.1 Å². The summed E-state index contributed by atoms with van der Waals surface area (Å²) in [5, 5.41) is 9.41. The van der Waals surface area contributed by atoms with Crippen molar-refractivity contribution in [3.05, 3.63) is 42.9 Å². The summed E-state index contributed by atoms with van der Waals surface area (Å²) < 4.78 is 1.80. The van der Waals surface area contributed by atoms with Crippen LogP contribution in [-0.2, 0) is 11.8 Å². The van der Waals surface area contributed by atoms with Crippen LogP contribution < -0.4 is 5.32 Å². The lowest BCUT2D eigenvalue weighted by atomic mass is 9.96. The van der Waals surface area contributed by atoms with Crippen LogP contribution in [0.15, 0.2) is 42.9 Å². The summed E-state index contributed by atoms with van der Waals surface area (Å²) in [7, 11) is 1.91. The zero-order valence-corrected chi connectivity index (χ0v) is 17.4. The largest absolute Gasteiger partial charge is 0.310 e. The van der Waals surface area contributed by atoms with Gasteiger partial charge in [-0.15, -0.1) is 0 Å². The number of hydrogen-bond acceptors (Lipinski definition) is 4. The van der Waals surface area contributed by atoms with Crippen LogP contribution in [0.1, 0.15) is 26.7 Å². The van der Waals surface area contributed by atoms with Crippen molar-refractivity contribution in [3.63, 3.8) is 0 Å². The predicted octanol–water partition coefficient (Wildman–Crippen LogP) is 3.94. The Morgan fingerprint density at radius 3 is 2.83 bits per heavy atom. The second-order valence-corrected chi connectivity index (χ2v) is 8.52. The molecule has 29 heavy (non-hydrogen) atoms. The molecule has 1 saturated heterocycles. The van der Waals surface area contributed by atoms with Crippen molar-refractivity contribution in [2.45, 2.75) is 26.7 Å². The maximum Gasteiger partial charge on any atom is 0.229 e. The normalized spacial score (nSPS) is 17.7. The zero-order chi connectivity index (χ0) is 20.4. The molecule has 0 bridgehead atoms. The number of anilines is 1. The van der Waals surface area contributed by atoms with Crippen LogP contribution in [0.25, 0.3) is 21.9 Å².